The lowest BCUT2D eigenvalue weighted by molar-refractivity contribution is -0.155. The van der Waals surface area contributed by atoms with Crippen LogP contribution >= 0.6 is 11.6 Å². The van der Waals surface area contributed by atoms with Gasteiger partial charge in [0.15, 0.2) is 5.79 Å². The number of hydrogen-bond donors (Lipinski definition) is 0. The highest BCUT2D eigenvalue weighted by molar-refractivity contribution is 6.18. The average Bonchev–Trinajstić information content (AvgIpc) is 2.00. The molecule has 0 rings (SSSR count). The van der Waals surface area contributed by atoms with Gasteiger partial charge in [-0.05, 0) is 13.0 Å². The number of alkyl halides is 1. The standard InChI is InChI=1S/C7H13ClO2/c1-7(9-2,10-3)5-4-6-8/h4-5H,6H2,1-3H3/b5-4+. The third-order valence-corrected chi connectivity index (χ3v) is 1.50. The molecule has 0 amide bonds. The second-order valence-electron chi connectivity index (χ2n) is 1.98. The van der Waals surface area contributed by atoms with E-state index in [2.05, 4.69) is 0 Å². The third kappa shape index (κ3) is 3.20. The van der Waals surface area contributed by atoms with E-state index in [-0.39, 0.29) is 0 Å². The van der Waals surface area contributed by atoms with Crippen LogP contribution in [0.3, 0.4) is 0 Å². The molecule has 0 atom stereocenters. The molecular weight excluding hydrogens is 152 g/mol. The zero-order chi connectivity index (χ0) is 8.04. The molecule has 0 aromatic heterocycles. The van der Waals surface area contributed by atoms with Crippen LogP contribution in [0.15, 0.2) is 12.2 Å². The summed E-state index contributed by atoms with van der Waals surface area (Å²) in [4.78, 5) is 0. The first-order valence-corrected chi connectivity index (χ1v) is 3.56. The molecule has 2 nitrogen and oxygen atoms in total. The molecule has 3 heteroatoms. The number of rotatable bonds is 4. The Morgan fingerprint density at radius 2 is 1.90 bits per heavy atom. The summed E-state index contributed by atoms with van der Waals surface area (Å²) < 4.78 is 10.0. The molecule has 0 aliphatic rings. The van der Waals surface area contributed by atoms with Crippen LogP contribution in [-0.2, 0) is 9.47 Å². The van der Waals surface area contributed by atoms with E-state index >= 15 is 0 Å². The molecule has 0 aromatic carbocycles. The van der Waals surface area contributed by atoms with Crippen molar-refractivity contribution in [1.82, 2.24) is 0 Å². The molecule has 0 N–H and O–H groups in total. The van der Waals surface area contributed by atoms with E-state index in [1.807, 2.05) is 6.92 Å². The Morgan fingerprint density at radius 3 is 2.20 bits per heavy atom. The molecule has 0 aromatic rings. The molecule has 60 valence electrons. The van der Waals surface area contributed by atoms with Gasteiger partial charge in [-0.15, -0.1) is 11.6 Å². The van der Waals surface area contributed by atoms with E-state index in [0.29, 0.717) is 5.88 Å². The molecule has 0 unspecified atom stereocenters. The summed E-state index contributed by atoms with van der Waals surface area (Å²) in [5.41, 5.74) is 0. The van der Waals surface area contributed by atoms with Gasteiger partial charge in [0.05, 0.1) is 0 Å². The summed E-state index contributed by atoms with van der Waals surface area (Å²) in [5, 5.41) is 0. The van der Waals surface area contributed by atoms with Crippen molar-refractivity contribution >= 4 is 11.6 Å². The van der Waals surface area contributed by atoms with E-state index in [1.165, 1.54) is 0 Å². The van der Waals surface area contributed by atoms with Gasteiger partial charge in [0, 0.05) is 20.1 Å². The highest BCUT2D eigenvalue weighted by Gasteiger charge is 2.16. The fourth-order valence-electron chi connectivity index (χ4n) is 0.478. The maximum atomic E-state index is 5.42. The van der Waals surface area contributed by atoms with Crippen molar-refractivity contribution in [3.63, 3.8) is 0 Å². The summed E-state index contributed by atoms with van der Waals surface area (Å²) in [6.45, 7) is 1.82. The van der Waals surface area contributed by atoms with Crippen LogP contribution < -0.4 is 0 Å². The second kappa shape index (κ2) is 4.72. The largest absolute Gasteiger partial charge is 0.350 e. The Kier molecular flexibility index (Phi) is 4.69. The second-order valence-corrected chi connectivity index (χ2v) is 2.29. The molecule has 0 fully saturated rings. The predicted molar refractivity (Wildman–Crippen MR) is 42.3 cm³/mol. The predicted octanol–water partition coefficient (Wildman–Crippen LogP) is 1.79. The van der Waals surface area contributed by atoms with Crippen molar-refractivity contribution < 1.29 is 9.47 Å². The van der Waals surface area contributed by atoms with Gasteiger partial charge in [-0.3, -0.25) is 0 Å². The fraction of sp³-hybridized carbons (Fsp3) is 0.714. The summed E-state index contributed by atoms with van der Waals surface area (Å²) in [5.74, 6) is -0.156. The van der Waals surface area contributed by atoms with Gasteiger partial charge in [-0.25, -0.2) is 0 Å². The van der Waals surface area contributed by atoms with Gasteiger partial charge in [0.2, 0.25) is 0 Å². The van der Waals surface area contributed by atoms with Crippen LogP contribution in [0.2, 0.25) is 0 Å². The maximum Gasteiger partial charge on any atom is 0.184 e. The van der Waals surface area contributed by atoms with Crippen LogP contribution in [-0.4, -0.2) is 25.9 Å². The van der Waals surface area contributed by atoms with Crippen molar-refractivity contribution in [1.29, 1.82) is 0 Å². The average molecular weight is 165 g/mol. The molecule has 0 spiro atoms. The minimum atomic E-state index is -0.630. The van der Waals surface area contributed by atoms with Crippen molar-refractivity contribution in [2.24, 2.45) is 0 Å². The highest BCUT2D eigenvalue weighted by atomic mass is 35.5. The SMILES string of the molecule is COC(C)(/C=C/CCl)OC. The molecule has 0 radical (unpaired) electrons. The van der Waals surface area contributed by atoms with E-state index in [4.69, 9.17) is 21.1 Å². The fourth-order valence-corrected chi connectivity index (χ4v) is 0.567. The Hall–Kier alpha value is -0.0500. The molecule has 0 saturated heterocycles. The van der Waals surface area contributed by atoms with Crippen molar-refractivity contribution in [3.05, 3.63) is 12.2 Å². The summed E-state index contributed by atoms with van der Waals surface area (Å²) in [7, 11) is 3.17. The molecule has 0 bridgehead atoms. The minimum Gasteiger partial charge on any atom is -0.350 e. The van der Waals surface area contributed by atoms with Gasteiger partial charge in [0.25, 0.3) is 0 Å². The Bertz CT molecular complexity index is 108. The quantitative estimate of drug-likeness (QED) is 0.358. The normalized spacial score (nSPS) is 12.8. The number of methoxy groups -OCH3 is 2. The molecule has 0 saturated carbocycles. The minimum absolute atomic E-state index is 0.475. The number of ether oxygens (including phenoxy) is 2. The maximum absolute atomic E-state index is 5.42. The number of halogens is 1. The van der Waals surface area contributed by atoms with Gasteiger partial charge >= 0.3 is 0 Å². The molecule has 0 aliphatic carbocycles. The van der Waals surface area contributed by atoms with E-state index in [1.54, 1.807) is 26.4 Å². The Labute approximate surface area is 66.8 Å². The van der Waals surface area contributed by atoms with Gasteiger partial charge in [-0.1, -0.05) is 6.08 Å². The van der Waals surface area contributed by atoms with Crippen molar-refractivity contribution in [2.45, 2.75) is 12.7 Å². The number of allylic oxidation sites excluding steroid dienone is 1. The first kappa shape index (κ1) is 9.95. The monoisotopic (exact) mass is 164 g/mol. The Balaban J connectivity index is 3.92. The lowest BCUT2D eigenvalue weighted by atomic mass is 10.3. The molecular formula is C7H13ClO2. The van der Waals surface area contributed by atoms with Crippen LogP contribution in [0, 0.1) is 0 Å². The van der Waals surface area contributed by atoms with Crippen LogP contribution in [0.5, 0.6) is 0 Å². The van der Waals surface area contributed by atoms with Gasteiger partial charge < -0.3 is 9.47 Å². The summed E-state index contributed by atoms with van der Waals surface area (Å²) in [6, 6.07) is 0. The highest BCUT2D eigenvalue weighted by Crippen LogP contribution is 2.10. The lowest BCUT2D eigenvalue weighted by Crippen LogP contribution is -2.26. The van der Waals surface area contributed by atoms with E-state index < -0.39 is 5.79 Å². The third-order valence-electron chi connectivity index (χ3n) is 1.32. The zero-order valence-corrected chi connectivity index (χ0v) is 7.31. The number of hydrogen-bond acceptors (Lipinski definition) is 2. The van der Waals surface area contributed by atoms with Gasteiger partial charge in [0.1, 0.15) is 0 Å². The van der Waals surface area contributed by atoms with Gasteiger partial charge in [-0.2, -0.15) is 0 Å². The van der Waals surface area contributed by atoms with Crippen molar-refractivity contribution in [2.75, 3.05) is 20.1 Å². The summed E-state index contributed by atoms with van der Waals surface area (Å²) >= 11 is 5.42. The lowest BCUT2D eigenvalue weighted by Gasteiger charge is -2.21. The van der Waals surface area contributed by atoms with Crippen LogP contribution in [0.25, 0.3) is 0 Å². The summed E-state index contributed by atoms with van der Waals surface area (Å²) in [6.07, 6.45) is 3.56. The molecule has 0 aliphatic heterocycles. The molecule has 0 heterocycles. The molecule has 10 heavy (non-hydrogen) atoms. The van der Waals surface area contributed by atoms with Crippen molar-refractivity contribution in [3.8, 4) is 0 Å². The van der Waals surface area contributed by atoms with Crippen LogP contribution in [0.1, 0.15) is 6.92 Å². The first-order valence-electron chi connectivity index (χ1n) is 3.02. The van der Waals surface area contributed by atoms with E-state index in [9.17, 15) is 0 Å². The van der Waals surface area contributed by atoms with E-state index in [0.717, 1.165) is 0 Å². The Morgan fingerprint density at radius 1 is 1.40 bits per heavy atom. The zero-order valence-electron chi connectivity index (χ0n) is 6.56. The topological polar surface area (TPSA) is 18.5 Å². The first-order chi connectivity index (χ1) is 4.68. The smallest absolute Gasteiger partial charge is 0.184 e. The van der Waals surface area contributed by atoms with Crippen LogP contribution in [0.4, 0.5) is 0 Å².